The van der Waals surface area contributed by atoms with E-state index in [4.69, 9.17) is 4.74 Å². The normalized spacial score (nSPS) is 28.4. The molecule has 0 spiro atoms. The number of Topliss-reactive ketones (excluding diaryl/α,β-unsaturated/α-hetero) is 1. The molecule has 0 aromatic heterocycles. The summed E-state index contributed by atoms with van der Waals surface area (Å²) >= 11 is 0. The van der Waals surface area contributed by atoms with Crippen molar-refractivity contribution in [2.24, 2.45) is 5.92 Å². The van der Waals surface area contributed by atoms with Crippen molar-refractivity contribution in [2.75, 3.05) is 13.7 Å². The molecule has 1 heterocycles. The highest BCUT2D eigenvalue weighted by atomic mass is 16.5. The van der Waals surface area contributed by atoms with E-state index < -0.39 is 30.1 Å². The highest BCUT2D eigenvalue weighted by molar-refractivity contribution is 5.91. The molecule has 1 aliphatic carbocycles. The van der Waals surface area contributed by atoms with Crippen LogP contribution in [-0.2, 0) is 23.9 Å². The van der Waals surface area contributed by atoms with Crippen molar-refractivity contribution >= 4 is 23.6 Å². The zero-order valence-electron chi connectivity index (χ0n) is 14.0. The Morgan fingerprint density at radius 3 is 2.67 bits per heavy atom. The molecule has 2 rings (SSSR count). The zero-order valence-corrected chi connectivity index (χ0v) is 14.0. The molecule has 0 radical (unpaired) electrons. The molecule has 0 bridgehead atoms. The number of amides is 2. The average molecular weight is 340 g/mol. The maximum atomic E-state index is 12.6. The fraction of sp³-hybridized carbons (Fsp3) is 0.750. The highest BCUT2D eigenvalue weighted by Gasteiger charge is 2.41. The monoisotopic (exact) mass is 340 g/mol. The van der Waals surface area contributed by atoms with Gasteiger partial charge in [0.2, 0.25) is 11.8 Å². The van der Waals surface area contributed by atoms with E-state index >= 15 is 0 Å². The lowest BCUT2D eigenvalue weighted by molar-refractivity contribution is -0.148. The Kier molecular flexibility index (Phi) is 5.93. The van der Waals surface area contributed by atoms with Crippen LogP contribution in [-0.4, -0.2) is 65.4 Å². The van der Waals surface area contributed by atoms with Crippen molar-refractivity contribution in [3.63, 3.8) is 0 Å². The maximum absolute atomic E-state index is 12.6. The summed E-state index contributed by atoms with van der Waals surface area (Å²) in [5.74, 6) is -1.66. The molecule has 1 saturated carbocycles. The van der Waals surface area contributed by atoms with E-state index in [2.05, 4.69) is 5.32 Å². The summed E-state index contributed by atoms with van der Waals surface area (Å²) in [6.07, 6.45) is 1.40. The number of ether oxygens (including phenoxy) is 1. The van der Waals surface area contributed by atoms with Gasteiger partial charge in [0.25, 0.3) is 0 Å². The number of aliphatic hydroxyl groups is 1. The zero-order chi connectivity index (χ0) is 17.9. The molecule has 2 fully saturated rings. The molecule has 1 aliphatic heterocycles. The number of hydrogen-bond acceptors (Lipinski definition) is 6. The molecule has 8 nitrogen and oxygen atoms in total. The first kappa shape index (κ1) is 18.4. The topological polar surface area (TPSA) is 113 Å². The summed E-state index contributed by atoms with van der Waals surface area (Å²) < 4.78 is 4.76. The summed E-state index contributed by atoms with van der Waals surface area (Å²) in [7, 11) is 1.23. The fourth-order valence-electron chi connectivity index (χ4n) is 3.50. The summed E-state index contributed by atoms with van der Waals surface area (Å²) in [6, 6.07) is -1.73. The van der Waals surface area contributed by atoms with Crippen LogP contribution in [0.1, 0.15) is 39.0 Å². The van der Waals surface area contributed by atoms with Crippen LogP contribution in [0.25, 0.3) is 0 Å². The number of aliphatic hydroxyl groups excluding tert-OH is 1. The van der Waals surface area contributed by atoms with Gasteiger partial charge in [-0.25, -0.2) is 4.79 Å². The average Bonchev–Trinajstić information content (AvgIpc) is 2.94. The van der Waals surface area contributed by atoms with Crippen LogP contribution < -0.4 is 5.32 Å². The molecule has 0 aromatic rings. The van der Waals surface area contributed by atoms with Gasteiger partial charge in [-0.1, -0.05) is 0 Å². The summed E-state index contributed by atoms with van der Waals surface area (Å²) in [5, 5.41) is 12.4. The molecular formula is C16H24N2O6. The number of nitrogens with one attached hydrogen (secondary N) is 1. The Hall–Kier alpha value is -1.96. The minimum Gasteiger partial charge on any atom is -0.467 e. The smallest absolute Gasteiger partial charge is 0.328 e. The van der Waals surface area contributed by atoms with Crippen molar-refractivity contribution in [2.45, 2.75) is 57.2 Å². The van der Waals surface area contributed by atoms with Gasteiger partial charge < -0.3 is 20.1 Å². The second-order valence-corrected chi connectivity index (χ2v) is 6.48. The summed E-state index contributed by atoms with van der Waals surface area (Å²) in [6.45, 7) is 1.42. The van der Waals surface area contributed by atoms with Crippen molar-refractivity contribution in [3.8, 4) is 0 Å². The number of rotatable bonds is 4. The van der Waals surface area contributed by atoms with Crippen molar-refractivity contribution in [1.29, 1.82) is 0 Å². The van der Waals surface area contributed by atoms with Gasteiger partial charge >= 0.3 is 5.97 Å². The lowest BCUT2D eigenvalue weighted by Crippen LogP contribution is -2.53. The minimum atomic E-state index is -0.918. The number of carbonyl (C=O) groups is 4. The lowest BCUT2D eigenvalue weighted by Gasteiger charge is -2.30. The first-order chi connectivity index (χ1) is 11.3. The van der Waals surface area contributed by atoms with Gasteiger partial charge in [0.1, 0.15) is 17.9 Å². The Morgan fingerprint density at radius 1 is 1.38 bits per heavy atom. The quantitative estimate of drug-likeness (QED) is 0.660. The lowest BCUT2D eigenvalue weighted by atomic mass is 9.83. The van der Waals surface area contributed by atoms with Crippen LogP contribution in [0.3, 0.4) is 0 Å². The molecule has 2 N–H and O–H groups in total. The number of ketones is 1. The Balaban J connectivity index is 2.10. The van der Waals surface area contributed by atoms with Crippen LogP contribution in [0.5, 0.6) is 0 Å². The van der Waals surface area contributed by atoms with Gasteiger partial charge in [-0.15, -0.1) is 0 Å². The van der Waals surface area contributed by atoms with E-state index in [0.29, 0.717) is 19.3 Å². The number of nitrogens with zero attached hydrogens (tertiary/aromatic N) is 1. The second-order valence-electron chi connectivity index (χ2n) is 6.48. The van der Waals surface area contributed by atoms with E-state index in [1.54, 1.807) is 0 Å². The summed E-state index contributed by atoms with van der Waals surface area (Å²) in [5.41, 5.74) is 0. The fourth-order valence-corrected chi connectivity index (χ4v) is 3.50. The highest BCUT2D eigenvalue weighted by Crippen LogP contribution is 2.26. The van der Waals surface area contributed by atoms with Crippen LogP contribution in [0.4, 0.5) is 0 Å². The molecule has 4 atom stereocenters. The molecular weight excluding hydrogens is 316 g/mol. The molecule has 2 amide bonds. The third kappa shape index (κ3) is 4.11. The predicted octanol–water partition coefficient (Wildman–Crippen LogP) is -0.615. The van der Waals surface area contributed by atoms with Crippen molar-refractivity contribution in [1.82, 2.24) is 10.2 Å². The maximum Gasteiger partial charge on any atom is 0.328 e. The molecule has 134 valence electrons. The Labute approximate surface area is 140 Å². The standard InChI is InChI=1S/C16H24N2O6/c1-9(19)18-8-12(21)7-13(18)15(22)17-14(16(23)24-2)10-4-3-5-11(20)6-10/h10,12-14,21H,3-8H2,1-2H3,(H,17,22)/t10-,12-,13+,14-/m1/s1. The Morgan fingerprint density at radius 2 is 2.08 bits per heavy atom. The van der Waals surface area contributed by atoms with E-state index in [-0.39, 0.29) is 37.0 Å². The van der Waals surface area contributed by atoms with Gasteiger partial charge in [-0.3, -0.25) is 14.4 Å². The third-order valence-corrected chi connectivity index (χ3v) is 4.73. The Bertz CT molecular complexity index is 535. The van der Waals surface area contributed by atoms with Crippen LogP contribution >= 0.6 is 0 Å². The number of carbonyl (C=O) groups excluding carboxylic acids is 4. The van der Waals surface area contributed by atoms with Gasteiger partial charge in [-0.05, 0) is 18.8 Å². The van der Waals surface area contributed by atoms with Crippen molar-refractivity contribution in [3.05, 3.63) is 0 Å². The van der Waals surface area contributed by atoms with Crippen LogP contribution in [0, 0.1) is 5.92 Å². The molecule has 0 aromatic carbocycles. The largest absolute Gasteiger partial charge is 0.467 e. The number of likely N-dealkylation sites (tertiary alicyclic amines) is 1. The molecule has 24 heavy (non-hydrogen) atoms. The first-order valence-electron chi connectivity index (χ1n) is 8.18. The van der Waals surface area contributed by atoms with E-state index in [1.807, 2.05) is 0 Å². The first-order valence-corrected chi connectivity index (χ1v) is 8.18. The van der Waals surface area contributed by atoms with Crippen LogP contribution in [0.15, 0.2) is 0 Å². The van der Waals surface area contributed by atoms with E-state index in [0.717, 1.165) is 0 Å². The van der Waals surface area contributed by atoms with Gasteiger partial charge in [0, 0.05) is 32.7 Å². The van der Waals surface area contributed by atoms with Gasteiger partial charge in [0.05, 0.1) is 13.2 Å². The minimum absolute atomic E-state index is 0.0658. The van der Waals surface area contributed by atoms with E-state index in [9.17, 15) is 24.3 Å². The molecule has 8 heteroatoms. The number of esters is 1. The number of hydrogen-bond donors (Lipinski definition) is 2. The number of β-amino-alcohol motifs (C(OH)–C–C–N with tert-alkyl or cyclic N) is 1. The number of methoxy groups -OCH3 is 1. The SMILES string of the molecule is COC(=O)[C@H](NC(=O)[C@@H]1C[C@@H](O)CN1C(C)=O)[C@@H]1CCCC(=O)C1. The van der Waals surface area contributed by atoms with E-state index in [1.165, 1.54) is 18.9 Å². The van der Waals surface area contributed by atoms with Gasteiger partial charge in [0.15, 0.2) is 0 Å². The summed E-state index contributed by atoms with van der Waals surface area (Å²) in [4.78, 5) is 49.2. The van der Waals surface area contributed by atoms with Gasteiger partial charge in [-0.2, -0.15) is 0 Å². The second kappa shape index (κ2) is 7.74. The third-order valence-electron chi connectivity index (χ3n) is 4.73. The predicted molar refractivity (Wildman–Crippen MR) is 82.7 cm³/mol. The molecule has 1 saturated heterocycles. The molecule has 2 aliphatic rings. The molecule has 0 unspecified atom stereocenters. The van der Waals surface area contributed by atoms with Crippen LogP contribution in [0.2, 0.25) is 0 Å². The van der Waals surface area contributed by atoms with Crippen molar-refractivity contribution < 1.29 is 29.0 Å².